The highest BCUT2D eigenvalue weighted by Gasteiger charge is 2.45. The van der Waals surface area contributed by atoms with Crippen LogP contribution < -0.4 is 5.19 Å². The fourth-order valence-corrected chi connectivity index (χ4v) is 7.59. The molecular weight excluding hydrogens is 256 g/mol. The van der Waals surface area contributed by atoms with E-state index in [0.29, 0.717) is 0 Å². The van der Waals surface area contributed by atoms with E-state index in [1.807, 2.05) is 0 Å². The maximum absolute atomic E-state index is 2.51. The molecule has 0 aromatic heterocycles. The summed E-state index contributed by atoms with van der Waals surface area (Å²) >= 11 is 0. The van der Waals surface area contributed by atoms with Crippen LogP contribution >= 0.6 is 0 Å². The number of hydrogen-bond acceptors (Lipinski definition) is 0. The molecule has 0 N–H and O–H groups in total. The van der Waals surface area contributed by atoms with Crippen molar-refractivity contribution in [2.75, 3.05) is 0 Å². The Bertz CT molecular complexity index is 736. The molecule has 2 aromatic rings. The highest BCUT2D eigenvalue weighted by molar-refractivity contribution is 7.07. The minimum Gasteiger partial charge on any atom is -0.0622 e. The maximum Gasteiger partial charge on any atom is 0.113 e. The van der Waals surface area contributed by atoms with Crippen LogP contribution in [0.3, 0.4) is 0 Å². The molecule has 4 rings (SSSR count). The molecule has 2 bridgehead atoms. The Kier molecular flexibility index (Phi) is 2.40. The largest absolute Gasteiger partial charge is 0.113 e. The summed E-state index contributed by atoms with van der Waals surface area (Å²) in [5.41, 5.74) is 7.49. The van der Waals surface area contributed by atoms with Crippen molar-refractivity contribution >= 4 is 18.5 Å². The zero-order valence-corrected chi connectivity index (χ0v) is 13.3. The van der Waals surface area contributed by atoms with Gasteiger partial charge in [-0.2, -0.15) is 0 Å². The first-order valence-corrected chi connectivity index (χ1v) is 10.5. The minimum absolute atomic E-state index is 1.15. The standard InChI is InChI=1S/C19H19Si/c1-4-13-12-15-10-11-16-17(14-8-6-5-7-9-14)18(15)19(13)20(16,2)3/h5-12H,4H2,1-3H3. The molecule has 1 aliphatic heterocycles. The van der Waals surface area contributed by atoms with Gasteiger partial charge in [0.05, 0.1) is 0 Å². The van der Waals surface area contributed by atoms with Crippen molar-refractivity contribution < 1.29 is 0 Å². The lowest BCUT2D eigenvalue weighted by molar-refractivity contribution is 1.14. The lowest BCUT2D eigenvalue weighted by atomic mass is 9.97. The van der Waals surface area contributed by atoms with E-state index in [0.717, 1.165) is 6.42 Å². The molecule has 0 atom stereocenters. The fourth-order valence-electron chi connectivity index (χ4n) is 3.98. The Morgan fingerprint density at radius 2 is 1.65 bits per heavy atom. The van der Waals surface area contributed by atoms with Gasteiger partial charge in [0.25, 0.3) is 0 Å². The van der Waals surface area contributed by atoms with Gasteiger partial charge in [0.1, 0.15) is 8.07 Å². The predicted molar refractivity (Wildman–Crippen MR) is 89.6 cm³/mol. The molecule has 0 spiro atoms. The molecule has 2 aromatic carbocycles. The van der Waals surface area contributed by atoms with Gasteiger partial charge in [0, 0.05) is 6.42 Å². The monoisotopic (exact) mass is 275 g/mol. The average molecular weight is 275 g/mol. The number of hydrogen-bond donors (Lipinski definition) is 0. The predicted octanol–water partition coefficient (Wildman–Crippen LogP) is 4.55. The number of benzene rings is 2. The van der Waals surface area contributed by atoms with Crippen LogP contribution in [0.2, 0.25) is 13.1 Å². The van der Waals surface area contributed by atoms with E-state index in [4.69, 9.17) is 0 Å². The summed E-state index contributed by atoms with van der Waals surface area (Å²) in [6.07, 6.45) is 3.58. The van der Waals surface area contributed by atoms with E-state index >= 15 is 0 Å². The molecule has 99 valence electrons. The summed E-state index contributed by atoms with van der Waals surface area (Å²) in [5.74, 6) is 0. The molecule has 0 nitrogen and oxygen atoms in total. The second-order valence-electron chi connectivity index (χ2n) is 6.34. The van der Waals surface area contributed by atoms with E-state index in [1.54, 1.807) is 21.5 Å². The third-order valence-electron chi connectivity index (χ3n) is 4.88. The number of rotatable bonds is 2. The first kappa shape index (κ1) is 12.2. The molecule has 0 amide bonds. The molecule has 1 heterocycles. The number of fused-ring (bicyclic) bond motifs is 1. The third kappa shape index (κ3) is 1.36. The van der Waals surface area contributed by atoms with Crippen LogP contribution in [0.25, 0.3) is 16.3 Å². The normalized spacial score (nSPS) is 17.9. The van der Waals surface area contributed by atoms with Crippen LogP contribution in [0.5, 0.6) is 0 Å². The van der Waals surface area contributed by atoms with Crippen molar-refractivity contribution in [3.63, 3.8) is 0 Å². The van der Waals surface area contributed by atoms with Crippen LogP contribution in [-0.4, -0.2) is 8.07 Å². The topological polar surface area (TPSA) is 0 Å². The molecule has 0 saturated carbocycles. The zero-order valence-electron chi connectivity index (χ0n) is 12.3. The SMILES string of the molecule is CCC1=C2c3c(ccc(c3-c3ccccc3)[Si]2(C)C)[CH]1. The molecule has 0 fully saturated rings. The first-order chi connectivity index (χ1) is 9.64. The Morgan fingerprint density at radius 3 is 2.35 bits per heavy atom. The summed E-state index contributed by atoms with van der Waals surface area (Å²) in [4.78, 5) is 0. The molecule has 1 radical (unpaired) electrons. The van der Waals surface area contributed by atoms with Gasteiger partial charge >= 0.3 is 0 Å². The smallest absolute Gasteiger partial charge is 0.0622 e. The lowest BCUT2D eigenvalue weighted by Crippen LogP contribution is -2.39. The second kappa shape index (κ2) is 3.95. The van der Waals surface area contributed by atoms with Crippen molar-refractivity contribution in [3.8, 4) is 11.1 Å². The summed E-state index contributed by atoms with van der Waals surface area (Å²) in [5, 5.41) is 3.32. The van der Waals surface area contributed by atoms with Gasteiger partial charge in [-0.05, 0) is 39.1 Å². The Morgan fingerprint density at radius 1 is 0.900 bits per heavy atom. The maximum atomic E-state index is 2.51. The average Bonchev–Trinajstić information content (AvgIpc) is 2.92. The molecule has 20 heavy (non-hydrogen) atoms. The molecular formula is C19H19Si. The van der Waals surface area contributed by atoms with E-state index in [2.05, 4.69) is 68.9 Å². The van der Waals surface area contributed by atoms with Gasteiger partial charge < -0.3 is 0 Å². The summed E-state index contributed by atoms with van der Waals surface area (Å²) in [6, 6.07) is 15.7. The van der Waals surface area contributed by atoms with Crippen molar-refractivity contribution in [1.29, 1.82) is 0 Å². The van der Waals surface area contributed by atoms with Crippen molar-refractivity contribution in [1.82, 2.24) is 0 Å². The number of allylic oxidation sites excluding steroid dienone is 1. The van der Waals surface area contributed by atoms with E-state index in [9.17, 15) is 0 Å². The third-order valence-corrected chi connectivity index (χ3v) is 8.46. The Hall–Kier alpha value is -1.60. The quantitative estimate of drug-likeness (QED) is 0.705. The van der Waals surface area contributed by atoms with Crippen molar-refractivity contribution in [2.24, 2.45) is 0 Å². The fraction of sp³-hybridized carbons (Fsp3) is 0.211. The van der Waals surface area contributed by atoms with E-state index < -0.39 is 8.07 Å². The molecule has 0 saturated heterocycles. The van der Waals surface area contributed by atoms with Gasteiger partial charge in [-0.1, -0.05) is 68.1 Å². The molecule has 0 unspecified atom stereocenters. The van der Waals surface area contributed by atoms with E-state index in [1.165, 1.54) is 16.7 Å². The minimum atomic E-state index is -1.50. The lowest BCUT2D eigenvalue weighted by Gasteiger charge is -2.21. The highest BCUT2D eigenvalue weighted by atomic mass is 28.3. The van der Waals surface area contributed by atoms with E-state index in [-0.39, 0.29) is 0 Å². The van der Waals surface area contributed by atoms with Crippen LogP contribution in [0.15, 0.2) is 48.0 Å². The van der Waals surface area contributed by atoms with Gasteiger partial charge in [-0.3, -0.25) is 0 Å². The summed E-state index contributed by atoms with van der Waals surface area (Å²) < 4.78 is 0. The van der Waals surface area contributed by atoms with Gasteiger partial charge in [-0.25, -0.2) is 0 Å². The molecule has 2 aliphatic rings. The van der Waals surface area contributed by atoms with Crippen LogP contribution in [0.4, 0.5) is 0 Å². The van der Waals surface area contributed by atoms with Crippen molar-refractivity contribution in [3.05, 3.63) is 65.6 Å². The van der Waals surface area contributed by atoms with Crippen molar-refractivity contribution in [2.45, 2.75) is 26.4 Å². The molecule has 1 heteroatoms. The summed E-state index contributed by atoms with van der Waals surface area (Å²) in [6.45, 7) is 7.31. The van der Waals surface area contributed by atoms with Gasteiger partial charge in [-0.15, -0.1) is 0 Å². The van der Waals surface area contributed by atoms with Gasteiger partial charge in [0.15, 0.2) is 0 Å². The second-order valence-corrected chi connectivity index (χ2v) is 10.6. The first-order valence-electron chi connectivity index (χ1n) is 7.46. The molecule has 1 aliphatic carbocycles. The van der Waals surface area contributed by atoms with Crippen LogP contribution in [0.1, 0.15) is 24.5 Å². The Labute approximate surface area is 122 Å². The van der Waals surface area contributed by atoms with Gasteiger partial charge in [0.2, 0.25) is 0 Å². The van der Waals surface area contributed by atoms with Crippen LogP contribution in [-0.2, 0) is 0 Å². The zero-order chi connectivity index (χ0) is 13.9. The van der Waals surface area contributed by atoms with Crippen LogP contribution in [0, 0.1) is 6.42 Å². The highest BCUT2D eigenvalue weighted by Crippen LogP contribution is 2.50. The Balaban J connectivity index is 2.09. The summed E-state index contributed by atoms with van der Waals surface area (Å²) in [7, 11) is -1.50.